The zero-order chi connectivity index (χ0) is 23.3. The lowest BCUT2D eigenvalue weighted by Crippen LogP contribution is -2.41. The van der Waals surface area contributed by atoms with Crippen molar-refractivity contribution in [1.29, 1.82) is 0 Å². The molecule has 0 aliphatic rings. The number of benzene rings is 2. The van der Waals surface area contributed by atoms with Crippen LogP contribution >= 0.6 is 0 Å². The van der Waals surface area contributed by atoms with Crippen molar-refractivity contribution in [1.82, 2.24) is 0 Å². The number of hydrogen-bond acceptors (Lipinski definition) is 4. The number of rotatable bonds is 8. The van der Waals surface area contributed by atoms with Crippen molar-refractivity contribution in [2.45, 2.75) is 30.0 Å². The van der Waals surface area contributed by atoms with E-state index in [9.17, 15) is 35.5 Å². The summed E-state index contributed by atoms with van der Waals surface area (Å²) in [5, 5.41) is 10.5. The topological polar surface area (TPSA) is 63.6 Å². The second kappa shape index (κ2) is 9.61. The minimum Gasteiger partial charge on any atom is -0.491 e. The third kappa shape index (κ3) is 5.50. The fourth-order valence-corrected chi connectivity index (χ4v) is 4.18. The van der Waals surface area contributed by atoms with Crippen LogP contribution < -0.4 is 0 Å². The molecule has 0 fully saturated rings. The molecule has 0 spiro atoms. The standard InChI is InChI=1S/C21H19F5O4S/c1-2-30-19(20(22,23)21(24,25)26)18(31(28,29)16-11-7-4-8-12-16)17(27)14-13-15-9-5-3-6-10-15/h3-14,17,27H,2H2,1H3/b14-13+,19-18+. The van der Waals surface area contributed by atoms with Crippen molar-refractivity contribution in [3.63, 3.8) is 0 Å². The van der Waals surface area contributed by atoms with E-state index >= 15 is 0 Å². The normalized spacial score (nSPS) is 14.9. The molecule has 2 aromatic carbocycles. The fourth-order valence-electron chi connectivity index (χ4n) is 2.59. The average molecular weight is 462 g/mol. The molecule has 0 saturated carbocycles. The van der Waals surface area contributed by atoms with Crippen molar-refractivity contribution in [3.8, 4) is 0 Å². The van der Waals surface area contributed by atoms with Gasteiger partial charge in [-0.15, -0.1) is 0 Å². The molecule has 0 heterocycles. The third-order valence-corrected chi connectivity index (χ3v) is 5.93. The summed E-state index contributed by atoms with van der Waals surface area (Å²) >= 11 is 0. The Morgan fingerprint density at radius 3 is 2.00 bits per heavy atom. The summed E-state index contributed by atoms with van der Waals surface area (Å²) in [5.41, 5.74) is 0.457. The third-order valence-electron chi connectivity index (χ3n) is 4.04. The highest BCUT2D eigenvalue weighted by atomic mass is 32.2. The van der Waals surface area contributed by atoms with Gasteiger partial charge in [0.15, 0.2) is 5.76 Å². The van der Waals surface area contributed by atoms with E-state index in [1.165, 1.54) is 24.3 Å². The lowest BCUT2D eigenvalue weighted by Gasteiger charge is -2.26. The van der Waals surface area contributed by atoms with Gasteiger partial charge in [-0.05, 0) is 24.6 Å². The Bertz CT molecular complexity index is 1030. The number of halogens is 5. The van der Waals surface area contributed by atoms with Crippen molar-refractivity contribution < 1.29 is 40.2 Å². The molecular formula is C21H19F5O4S. The van der Waals surface area contributed by atoms with E-state index in [2.05, 4.69) is 4.74 Å². The van der Waals surface area contributed by atoms with Crippen LogP contribution in [-0.4, -0.2) is 38.3 Å². The molecule has 0 aliphatic carbocycles. The zero-order valence-electron chi connectivity index (χ0n) is 16.2. The predicted octanol–water partition coefficient (Wildman–Crippen LogP) is 4.98. The van der Waals surface area contributed by atoms with E-state index in [0.29, 0.717) is 5.56 Å². The Balaban J connectivity index is 2.77. The Morgan fingerprint density at radius 1 is 1.00 bits per heavy atom. The van der Waals surface area contributed by atoms with Gasteiger partial charge in [-0.1, -0.05) is 60.7 Å². The number of alkyl halides is 5. The van der Waals surface area contributed by atoms with Gasteiger partial charge >= 0.3 is 12.1 Å². The Labute approximate surface area is 176 Å². The molecule has 10 heteroatoms. The van der Waals surface area contributed by atoms with Crippen LogP contribution in [0.15, 0.2) is 82.3 Å². The highest BCUT2D eigenvalue weighted by Crippen LogP contribution is 2.45. The second-order valence-electron chi connectivity index (χ2n) is 6.23. The van der Waals surface area contributed by atoms with E-state index in [4.69, 9.17) is 0 Å². The quantitative estimate of drug-likeness (QED) is 0.444. The van der Waals surface area contributed by atoms with Crippen LogP contribution in [-0.2, 0) is 14.6 Å². The molecule has 168 valence electrons. The van der Waals surface area contributed by atoms with Crippen LogP contribution in [0, 0.1) is 0 Å². The molecule has 31 heavy (non-hydrogen) atoms. The Kier molecular flexibility index (Phi) is 7.61. The van der Waals surface area contributed by atoms with Gasteiger partial charge in [-0.25, -0.2) is 8.42 Å². The van der Waals surface area contributed by atoms with E-state index in [1.54, 1.807) is 30.3 Å². The van der Waals surface area contributed by atoms with Gasteiger partial charge in [0.1, 0.15) is 11.0 Å². The smallest absolute Gasteiger partial charge is 0.461 e. The SMILES string of the molecule is CCO/C(=C(\C(O)/C=C/c1ccccc1)S(=O)(=O)c1ccccc1)C(F)(F)C(F)(F)F. The highest BCUT2D eigenvalue weighted by molar-refractivity contribution is 7.95. The lowest BCUT2D eigenvalue weighted by molar-refractivity contribution is -0.277. The predicted molar refractivity (Wildman–Crippen MR) is 105 cm³/mol. The molecular weight excluding hydrogens is 443 g/mol. The zero-order valence-corrected chi connectivity index (χ0v) is 17.0. The average Bonchev–Trinajstić information content (AvgIpc) is 2.72. The maximum atomic E-state index is 14.3. The summed E-state index contributed by atoms with van der Waals surface area (Å²) < 4.78 is 98.5. The van der Waals surface area contributed by atoms with Crippen LogP contribution in [0.5, 0.6) is 0 Å². The second-order valence-corrected chi connectivity index (χ2v) is 8.15. The molecule has 0 aromatic heterocycles. The summed E-state index contributed by atoms with van der Waals surface area (Å²) in [7, 11) is -5.00. The molecule has 4 nitrogen and oxygen atoms in total. The van der Waals surface area contributed by atoms with Crippen molar-refractivity contribution in [2.24, 2.45) is 0 Å². The number of aliphatic hydroxyl groups excluding tert-OH is 1. The van der Waals surface area contributed by atoms with Gasteiger partial charge in [0.2, 0.25) is 9.84 Å². The Morgan fingerprint density at radius 2 is 1.52 bits per heavy atom. The molecule has 0 radical (unpaired) electrons. The number of ether oxygens (including phenoxy) is 1. The molecule has 2 aromatic rings. The molecule has 0 bridgehead atoms. The van der Waals surface area contributed by atoms with Gasteiger partial charge < -0.3 is 9.84 Å². The number of sulfone groups is 1. The van der Waals surface area contributed by atoms with Crippen molar-refractivity contribution in [3.05, 3.63) is 83.0 Å². The van der Waals surface area contributed by atoms with Gasteiger partial charge in [0.05, 0.1) is 11.5 Å². The minimum atomic E-state index is -6.15. The van der Waals surface area contributed by atoms with Gasteiger partial charge in [0.25, 0.3) is 0 Å². The lowest BCUT2D eigenvalue weighted by atomic mass is 10.1. The van der Waals surface area contributed by atoms with Gasteiger partial charge in [-0.3, -0.25) is 0 Å². The first-order valence-corrected chi connectivity index (χ1v) is 10.4. The summed E-state index contributed by atoms with van der Waals surface area (Å²) in [6.07, 6.45) is -6.50. The van der Waals surface area contributed by atoms with Crippen LogP contribution in [0.1, 0.15) is 12.5 Å². The summed E-state index contributed by atoms with van der Waals surface area (Å²) in [4.78, 5) is -2.16. The summed E-state index contributed by atoms with van der Waals surface area (Å²) in [5.74, 6) is -7.83. The van der Waals surface area contributed by atoms with Crippen LogP contribution in [0.4, 0.5) is 22.0 Å². The maximum absolute atomic E-state index is 14.3. The van der Waals surface area contributed by atoms with Crippen molar-refractivity contribution >= 4 is 15.9 Å². The molecule has 1 atom stereocenters. The monoisotopic (exact) mass is 462 g/mol. The van der Waals surface area contributed by atoms with Crippen LogP contribution in [0.25, 0.3) is 6.08 Å². The first kappa shape index (κ1) is 24.5. The highest BCUT2D eigenvalue weighted by Gasteiger charge is 2.63. The maximum Gasteiger partial charge on any atom is 0.461 e. The molecule has 0 amide bonds. The van der Waals surface area contributed by atoms with Crippen LogP contribution in [0.3, 0.4) is 0 Å². The largest absolute Gasteiger partial charge is 0.491 e. The Hall–Kier alpha value is -2.72. The van der Waals surface area contributed by atoms with E-state index < -0.39 is 50.2 Å². The molecule has 2 rings (SSSR count). The van der Waals surface area contributed by atoms with Crippen molar-refractivity contribution in [2.75, 3.05) is 6.61 Å². The van der Waals surface area contributed by atoms with Gasteiger partial charge in [-0.2, -0.15) is 22.0 Å². The van der Waals surface area contributed by atoms with E-state index in [1.807, 2.05) is 0 Å². The summed E-state index contributed by atoms with van der Waals surface area (Å²) in [6.45, 7) is 0.426. The van der Waals surface area contributed by atoms with Crippen LogP contribution in [0.2, 0.25) is 0 Å². The number of allylic oxidation sites excluding steroid dienone is 1. The minimum absolute atomic E-state index is 0.457. The first-order valence-electron chi connectivity index (χ1n) is 8.96. The molecule has 0 aliphatic heterocycles. The number of hydrogen-bond donors (Lipinski definition) is 1. The first-order chi connectivity index (χ1) is 14.4. The molecule has 1 N–H and O–H groups in total. The molecule has 1 unspecified atom stereocenters. The van der Waals surface area contributed by atoms with Gasteiger partial charge in [0, 0.05) is 0 Å². The summed E-state index contributed by atoms with van der Waals surface area (Å²) in [6, 6.07) is 14.0. The van der Waals surface area contributed by atoms with E-state index in [-0.39, 0.29) is 0 Å². The molecule has 0 saturated heterocycles. The van der Waals surface area contributed by atoms with E-state index in [0.717, 1.165) is 25.1 Å². The fraction of sp³-hybridized carbons (Fsp3) is 0.238. The number of aliphatic hydroxyl groups is 1.